The van der Waals surface area contributed by atoms with Crippen molar-refractivity contribution < 1.29 is 9.59 Å². The second kappa shape index (κ2) is 10.00. The molecule has 1 aliphatic rings. The highest BCUT2D eigenvalue weighted by Crippen LogP contribution is 2.27. The third kappa shape index (κ3) is 5.41. The number of para-hydroxylation sites is 3. The Bertz CT molecular complexity index is 1140. The van der Waals surface area contributed by atoms with Crippen molar-refractivity contribution in [3.63, 3.8) is 0 Å². The van der Waals surface area contributed by atoms with Gasteiger partial charge in [0.1, 0.15) is 6.54 Å². The van der Waals surface area contributed by atoms with Gasteiger partial charge in [-0.25, -0.2) is 4.98 Å². The van der Waals surface area contributed by atoms with E-state index >= 15 is 0 Å². The zero-order chi connectivity index (χ0) is 23.5. The molecule has 1 aromatic heterocycles. The van der Waals surface area contributed by atoms with Gasteiger partial charge in [-0.3, -0.25) is 9.59 Å². The molecule has 4 rings (SSSR count). The first kappa shape index (κ1) is 23.4. The fourth-order valence-corrected chi connectivity index (χ4v) is 5.55. The molecule has 174 valence electrons. The van der Waals surface area contributed by atoms with Crippen molar-refractivity contribution >= 4 is 40.3 Å². The lowest BCUT2D eigenvalue weighted by Crippen LogP contribution is -2.44. The summed E-state index contributed by atoms with van der Waals surface area (Å²) < 4.78 is 1.96. The van der Waals surface area contributed by atoms with Crippen LogP contribution in [0.5, 0.6) is 0 Å². The molecule has 2 aromatic carbocycles. The average Bonchev–Trinajstić information content (AvgIpc) is 3.11. The third-order valence-electron chi connectivity index (χ3n) is 6.21. The van der Waals surface area contributed by atoms with Crippen LogP contribution in [-0.4, -0.2) is 45.1 Å². The van der Waals surface area contributed by atoms with E-state index in [0.717, 1.165) is 47.4 Å². The molecular formula is C26H32N4O2S. The van der Waals surface area contributed by atoms with Gasteiger partial charge in [-0.15, -0.1) is 0 Å². The van der Waals surface area contributed by atoms with Crippen molar-refractivity contribution in [1.29, 1.82) is 0 Å². The number of nitrogens with zero attached hydrogens (tertiary/aromatic N) is 3. The molecule has 0 spiro atoms. The maximum Gasteiger partial charge on any atom is 0.242 e. The fourth-order valence-electron chi connectivity index (χ4n) is 4.74. The van der Waals surface area contributed by atoms with Crippen LogP contribution in [0, 0.1) is 25.7 Å². The van der Waals surface area contributed by atoms with E-state index in [2.05, 4.69) is 19.2 Å². The monoisotopic (exact) mass is 464 g/mol. The number of hydrogen-bond acceptors (Lipinski definition) is 4. The molecule has 1 aliphatic heterocycles. The SMILES string of the molecule is Cc1cccc(C)c1NC(=O)CSc1nc2ccccc2n1CC(=O)N1C[C@H](C)C[C@@H](C)C1. The number of thioether (sulfide) groups is 1. The number of hydrogen-bond donors (Lipinski definition) is 1. The van der Waals surface area contributed by atoms with Gasteiger partial charge in [0, 0.05) is 18.8 Å². The minimum Gasteiger partial charge on any atom is -0.341 e. The van der Waals surface area contributed by atoms with Crippen molar-refractivity contribution in [3.8, 4) is 0 Å². The number of aromatic nitrogens is 2. The van der Waals surface area contributed by atoms with Gasteiger partial charge in [0.15, 0.2) is 5.16 Å². The molecule has 6 nitrogen and oxygen atoms in total. The molecule has 2 amide bonds. The summed E-state index contributed by atoms with van der Waals surface area (Å²) in [5.74, 6) is 1.28. The molecule has 7 heteroatoms. The number of anilines is 1. The molecule has 1 N–H and O–H groups in total. The quantitative estimate of drug-likeness (QED) is 0.528. The standard InChI is InChI=1S/C26H32N4O2S/c1-17-12-18(2)14-29(13-17)24(32)15-30-22-11-6-5-10-21(22)27-26(30)33-16-23(31)28-25-19(3)8-7-9-20(25)4/h5-11,17-18H,12-16H2,1-4H3,(H,28,31)/t17-,18-/m1/s1. The minimum absolute atomic E-state index is 0.0824. The summed E-state index contributed by atoms with van der Waals surface area (Å²) in [5, 5.41) is 3.73. The number of likely N-dealkylation sites (tertiary alicyclic amines) is 1. The second-order valence-electron chi connectivity index (χ2n) is 9.32. The normalized spacial score (nSPS) is 18.5. The largest absolute Gasteiger partial charge is 0.341 e. The highest BCUT2D eigenvalue weighted by molar-refractivity contribution is 7.99. The van der Waals surface area contributed by atoms with Gasteiger partial charge in [0.25, 0.3) is 0 Å². The van der Waals surface area contributed by atoms with E-state index in [4.69, 9.17) is 4.98 Å². The van der Waals surface area contributed by atoms with E-state index in [0.29, 0.717) is 17.0 Å². The predicted octanol–water partition coefficient (Wildman–Crippen LogP) is 4.89. The van der Waals surface area contributed by atoms with Crippen molar-refractivity contribution in [2.24, 2.45) is 11.8 Å². The Morgan fingerprint density at radius 3 is 2.39 bits per heavy atom. The van der Waals surface area contributed by atoms with E-state index in [9.17, 15) is 9.59 Å². The topological polar surface area (TPSA) is 67.2 Å². The Morgan fingerprint density at radius 2 is 1.70 bits per heavy atom. The number of aryl methyl sites for hydroxylation is 2. The van der Waals surface area contributed by atoms with E-state index < -0.39 is 0 Å². The molecular weight excluding hydrogens is 432 g/mol. The number of carbonyl (C=O) groups excluding carboxylic acids is 2. The zero-order valence-corrected chi connectivity index (χ0v) is 20.6. The number of fused-ring (bicyclic) bond motifs is 1. The highest BCUT2D eigenvalue weighted by atomic mass is 32.2. The fraction of sp³-hybridized carbons (Fsp3) is 0.423. The van der Waals surface area contributed by atoms with E-state index in [1.54, 1.807) is 0 Å². The minimum atomic E-state index is -0.0824. The molecule has 0 aliphatic carbocycles. The van der Waals surface area contributed by atoms with E-state index in [-0.39, 0.29) is 24.1 Å². The molecule has 1 saturated heterocycles. The Kier molecular flexibility index (Phi) is 7.08. The molecule has 0 radical (unpaired) electrons. The van der Waals surface area contributed by atoms with Crippen molar-refractivity contribution in [2.45, 2.75) is 45.8 Å². The molecule has 2 atom stereocenters. The van der Waals surface area contributed by atoms with Gasteiger partial charge in [-0.05, 0) is 55.4 Å². The first-order valence-electron chi connectivity index (χ1n) is 11.5. The summed E-state index contributed by atoms with van der Waals surface area (Å²) in [5.41, 5.74) is 4.69. The van der Waals surface area contributed by atoms with Crippen LogP contribution >= 0.6 is 11.8 Å². The van der Waals surface area contributed by atoms with Crippen LogP contribution in [0.4, 0.5) is 5.69 Å². The van der Waals surface area contributed by atoms with Crippen LogP contribution in [0.2, 0.25) is 0 Å². The van der Waals surface area contributed by atoms with Crippen LogP contribution in [0.25, 0.3) is 11.0 Å². The lowest BCUT2D eigenvalue weighted by Gasteiger charge is -2.35. The molecule has 3 aromatic rings. The summed E-state index contributed by atoms with van der Waals surface area (Å²) in [6, 6.07) is 13.8. The number of imidazole rings is 1. The maximum absolute atomic E-state index is 13.2. The smallest absolute Gasteiger partial charge is 0.242 e. The van der Waals surface area contributed by atoms with Crippen LogP contribution in [0.15, 0.2) is 47.6 Å². The highest BCUT2D eigenvalue weighted by Gasteiger charge is 2.26. The van der Waals surface area contributed by atoms with Gasteiger partial charge >= 0.3 is 0 Å². The van der Waals surface area contributed by atoms with Gasteiger partial charge in [-0.2, -0.15) is 0 Å². The molecule has 0 saturated carbocycles. The number of rotatable bonds is 6. The summed E-state index contributed by atoms with van der Waals surface area (Å²) in [4.78, 5) is 32.6. The van der Waals surface area contributed by atoms with Crippen LogP contribution in [-0.2, 0) is 16.1 Å². The zero-order valence-electron chi connectivity index (χ0n) is 19.8. The Labute approximate surface area is 199 Å². The Balaban J connectivity index is 1.50. The van der Waals surface area contributed by atoms with E-state index in [1.165, 1.54) is 11.8 Å². The number of benzene rings is 2. The van der Waals surface area contributed by atoms with Crippen LogP contribution < -0.4 is 5.32 Å². The van der Waals surface area contributed by atoms with Crippen LogP contribution in [0.3, 0.4) is 0 Å². The summed E-state index contributed by atoms with van der Waals surface area (Å²) >= 11 is 1.37. The van der Waals surface area contributed by atoms with Gasteiger partial charge < -0.3 is 14.8 Å². The van der Waals surface area contributed by atoms with Crippen molar-refractivity contribution in [1.82, 2.24) is 14.5 Å². The summed E-state index contributed by atoms with van der Waals surface area (Å²) in [7, 11) is 0. The number of amides is 2. The molecule has 33 heavy (non-hydrogen) atoms. The molecule has 1 fully saturated rings. The number of nitrogens with one attached hydrogen (secondary N) is 1. The first-order chi connectivity index (χ1) is 15.8. The summed E-state index contributed by atoms with van der Waals surface area (Å²) in [6.07, 6.45) is 1.16. The Morgan fingerprint density at radius 1 is 1.03 bits per heavy atom. The molecule has 2 heterocycles. The average molecular weight is 465 g/mol. The number of carbonyl (C=O) groups is 2. The van der Waals surface area contributed by atoms with E-state index in [1.807, 2.05) is 65.8 Å². The molecule has 0 bridgehead atoms. The van der Waals surface area contributed by atoms with Crippen LogP contribution in [0.1, 0.15) is 31.4 Å². The third-order valence-corrected chi connectivity index (χ3v) is 7.19. The van der Waals surface area contributed by atoms with Crippen molar-refractivity contribution in [2.75, 3.05) is 24.2 Å². The predicted molar refractivity (Wildman–Crippen MR) is 135 cm³/mol. The summed E-state index contributed by atoms with van der Waals surface area (Å²) in [6.45, 7) is 10.2. The maximum atomic E-state index is 13.2. The Hall–Kier alpha value is -2.80. The lowest BCUT2D eigenvalue weighted by molar-refractivity contribution is -0.134. The van der Waals surface area contributed by atoms with Gasteiger partial charge in [0.2, 0.25) is 11.8 Å². The van der Waals surface area contributed by atoms with Gasteiger partial charge in [0.05, 0.1) is 16.8 Å². The molecule has 0 unspecified atom stereocenters. The first-order valence-corrected chi connectivity index (χ1v) is 12.5. The second-order valence-corrected chi connectivity index (χ2v) is 10.3. The van der Waals surface area contributed by atoms with Crippen molar-refractivity contribution in [3.05, 3.63) is 53.6 Å². The van der Waals surface area contributed by atoms with Gasteiger partial charge in [-0.1, -0.05) is 55.9 Å². The lowest BCUT2D eigenvalue weighted by atomic mass is 9.92. The number of piperidine rings is 1.